The van der Waals surface area contributed by atoms with Crippen LogP contribution in [0.15, 0.2) is 6.33 Å². The van der Waals surface area contributed by atoms with Crippen molar-refractivity contribution in [2.45, 2.75) is 12.7 Å². The first-order valence-electron chi connectivity index (χ1n) is 3.92. The van der Waals surface area contributed by atoms with Crippen LogP contribution in [0.5, 0.6) is 0 Å². The van der Waals surface area contributed by atoms with Gasteiger partial charge in [0.1, 0.15) is 0 Å². The number of aromatic nitrogens is 2. The second-order valence-electron chi connectivity index (χ2n) is 2.71. The maximum atomic E-state index is 11.2. The van der Waals surface area contributed by atoms with E-state index in [1.807, 2.05) is 0 Å². The zero-order chi connectivity index (χ0) is 10.8. The first-order chi connectivity index (χ1) is 6.46. The quantitative estimate of drug-likeness (QED) is 0.743. The fourth-order valence-corrected chi connectivity index (χ4v) is 1.80. The largest absolute Gasteiger partial charge is 0.476 e. The maximum Gasteiger partial charge on any atom is 0.356 e. The van der Waals surface area contributed by atoms with Gasteiger partial charge in [0.2, 0.25) is 0 Å². The Kier molecular flexibility index (Phi) is 2.90. The Morgan fingerprint density at radius 2 is 2.29 bits per heavy atom. The van der Waals surface area contributed by atoms with Crippen LogP contribution in [-0.2, 0) is 15.6 Å². The molecule has 2 N–H and O–H groups in total. The average Bonchev–Trinajstić information content (AvgIpc) is 2.51. The first kappa shape index (κ1) is 10.7. The molecule has 0 atom stereocenters. The molecule has 0 saturated carbocycles. The molecular weight excluding hydrogens is 208 g/mol. The van der Waals surface area contributed by atoms with Crippen molar-refractivity contribution >= 4 is 15.8 Å². The van der Waals surface area contributed by atoms with E-state index in [0.717, 1.165) is 0 Å². The first-order valence-corrected chi connectivity index (χ1v) is 5.74. The van der Waals surface area contributed by atoms with Crippen LogP contribution in [0.4, 0.5) is 0 Å². The van der Waals surface area contributed by atoms with Crippen molar-refractivity contribution < 1.29 is 18.3 Å². The molecule has 0 aliphatic carbocycles. The highest BCUT2D eigenvalue weighted by Crippen LogP contribution is 2.08. The van der Waals surface area contributed by atoms with Crippen molar-refractivity contribution in [3.63, 3.8) is 0 Å². The van der Waals surface area contributed by atoms with Crippen LogP contribution < -0.4 is 0 Å². The van der Waals surface area contributed by atoms with Crippen molar-refractivity contribution in [1.29, 1.82) is 0 Å². The maximum absolute atomic E-state index is 11.2. The molecule has 0 fully saturated rings. The van der Waals surface area contributed by atoms with Crippen molar-refractivity contribution in [1.82, 2.24) is 9.97 Å². The van der Waals surface area contributed by atoms with Crippen LogP contribution in [0, 0.1) is 0 Å². The lowest BCUT2D eigenvalue weighted by Crippen LogP contribution is -2.10. The van der Waals surface area contributed by atoms with Crippen LogP contribution in [0.1, 0.15) is 23.1 Å². The number of sulfone groups is 1. The highest BCUT2D eigenvalue weighted by atomic mass is 32.2. The number of nitrogens with zero attached hydrogens (tertiary/aromatic N) is 1. The van der Waals surface area contributed by atoms with Crippen molar-refractivity contribution in [2.75, 3.05) is 5.75 Å². The summed E-state index contributed by atoms with van der Waals surface area (Å²) < 4.78 is 22.4. The van der Waals surface area contributed by atoms with Crippen molar-refractivity contribution in [3.05, 3.63) is 17.7 Å². The van der Waals surface area contributed by atoms with E-state index in [9.17, 15) is 13.2 Å². The molecule has 1 rings (SSSR count). The van der Waals surface area contributed by atoms with Gasteiger partial charge in [-0.05, 0) is 0 Å². The van der Waals surface area contributed by atoms with Gasteiger partial charge >= 0.3 is 5.97 Å². The summed E-state index contributed by atoms with van der Waals surface area (Å²) in [5.74, 6) is -1.57. The van der Waals surface area contributed by atoms with E-state index in [1.165, 1.54) is 13.3 Å². The number of hydrogen-bond acceptors (Lipinski definition) is 4. The lowest BCUT2D eigenvalue weighted by molar-refractivity contribution is 0.0690. The normalized spacial score (nSPS) is 11.5. The SMILES string of the molecule is CCS(=O)(=O)Cc1[nH]cnc1C(=O)O. The molecule has 0 aromatic carbocycles. The van der Waals surface area contributed by atoms with Gasteiger partial charge in [0.05, 0.1) is 17.8 Å². The van der Waals surface area contributed by atoms with E-state index >= 15 is 0 Å². The molecule has 78 valence electrons. The summed E-state index contributed by atoms with van der Waals surface area (Å²) >= 11 is 0. The van der Waals surface area contributed by atoms with E-state index in [0.29, 0.717) is 0 Å². The molecule has 6 nitrogen and oxygen atoms in total. The summed E-state index contributed by atoms with van der Waals surface area (Å²) in [6, 6.07) is 0. The van der Waals surface area contributed by atoms with Gasteiger partial charge in [0.25, 0.3) is 0 Å². The van der Waals surface area contributed by atoms with E-state index in [-0.39, 0.29) is 22.9 Å². The standard InChI is InChI=1S/C7H10N2O4S/c1-2-14(12,13)3-5-6(7(10)11)9-4-8-5/h4H,2-3H2,1H3,(H,8,9)(H,10,11). The van der Waals surface area contributed by atoms with Gasteiger partial charge in [-0.25, -0.2) is 18.2 Å². The second kappa shape index (κ2) is 3.79. The number of aromatic amines is 1. The Balaban J connectivity index is 2.98. The number of carboxylic acids is 1. The van der Waals surface area contributed by atoms with Crippen LogP contribution in [0.3, 0.4) is 0 Å². The molecule has 0 amide bonds. The topological polar surface area (TPSA) is 100 Å². The molecule has 0 spiro atoms. The molecule has 14 heavy (non-hydrogen) atoms. The van der Waals surface area contributed by atoms with E-state index < -0.39 is 15.8 Å². The van der Waals surface area contributed by atoms with Gasteiger partial charge in [-0.3, -0.25) is 0 Å². The van der Waals surface area contributed by atoms with Crippen molar-refractivity contribution in [3.8, 4) is 0 Å². The second-order valence-corrected chi connectivity index (χ2v) is 5.06. The lowest BCUT2D eigenvalue weighted by atomic mass is 10.3. The van der Waals surface area contributed by atoms with Gasteiger partial charge in [0, 0.05) is 5.75 Å². The zero-order valence-corrected chi connectivity index (χ0v) is 8.34. The summed E-state index contributed by atoms with van der Waals surface area (Å²) in [6.07, 6.45) is 1.17. The lowest BCUT2D eigenvalue weighted by Gasteiger charge is -1.99. The molecule has 0 bridgehead atoms. The molecule has 0 aliphatic heterocycles. The van der Waals surface area contributed by atoms with Crippen LogP contribution in [0.25, 0.3) is 0 Å². The summed E-state index contributed by atoms with van der Waals surface area (Å²) in [4.78, 5) is 16.6. The van der Waals surface area contributed by atoms with Gasteiger partial charge in [-0.15, -0.1) is 0 Å². The Morgan fingerprint density at radius 3 is 2.79 bits per heavy atom. The Bertz CT molecular complexity index is 434. The monoisotopic (exact) mass is 218 g/mol. The minimum Gasteiger partial charge on any atom is -0.476 e. The minimum absolute atomic E-state index is 0.0227. The highest BCUT2D eigenvalue weighted by Gasteiger charge is 2.18. The molecule has 0 unspecified atom stereocenters. The Hall–Kier alpha value is -1.37. The number of rotatable bonds is 4. The molecule has 1 aromatic rings. The van der Waals surface area contributed by atoms with E-state index in [2.05, 4.69) is 9.97 Å². The van der Waals surface area contributed by atoms with Crippen LogP contribution >= 0.6 is 0 Å². The third-order valence-electron chi connectivity index (χ3n) is 1.72. The smallest absolute Gasteiger partial charge is 0.356 e. The van der Waals surface area contributed by atoms with Crippen LogP contribution in [0.2, 0.25) is 0 Å². The molecule has 1 aromatic heterocycles. The number of imidazole rings is 1. The summed E-state index contributed by atoms with van der Waals surface area (Å²) in [5.41, 5.74) is -0.110. The highest BCUT2D eigenvalue weighted by molar-refractivity contribution is 7.90. The third-order valence-corrected chi connectivity index (χ3v) is 3.33. The number of hydrogen-bond donors (Lipinski definition) is 2. The van der Waals surface area contributed by atoms with Crippen molar-refractivity contribution in [2.24, 2.45) is 0 Å². The van der Waals surface area contributed by atoms with E-state index in [1.54, 1.807) is 0 Å². The average molecular weight is 218 g/mol. The fraction of sp³-hybridized carbons (Fsp3) is 0.429. The number of aromatic carboxylic acids is 1. The Labute approximate surface area is 80.9 Å². The summed E-state index contributed by atoms with van der Waals surface area (Å²) in [7, 11) is -3.23. The number of carboxylic acid groups (broad SMARTS) is 1. The minimum atomic E-state index is -3.23. The van der Waals surface area contributed by atoms with Crippen LogP contribution in [-0.4, -0.2) is 35.2 Å². The zero-order valence-electron chi connectivity index (χ0n) is 7.52. The predicted octanol–water partition coefficient (Wildman–Crippen LogP) is 0.0426. The molecule has 0 aliphatic rings. The molecule has 0 saturated heterocycles. The Morgan fingerprint density at radius 1 is 1.64 bits per heavy atom. The van der Waals surface area contributed by atoms with Gasteiger partial charge < -0.3 is 10.1 Å². The van der Waals surface area contributed by atoms with E-state index in [4.69, 9.17) is 5.11 Å². The number of H-pyrrole nitrogens is 1. The summed E-state index contributed by atoms with van der Waals surface area (Å²) in [6.45, 7) is 1.51. The predicted molar refractivity (Wildman–Crippen MR) is 48.7 cm³/mol. The van der Waals surface area contributed by atoms with Gasteiger partial charge in [-0.1, -0.05) is 6.92 Å². The summed E-state index contributed by atoms with van der Waals surface area (Å²) in [5, 5.41) is 8.65. The van der Waals surface area contributed by atoms with Gasteiger partial charge in [0.15, 0.2) is 15.5 Å². The molecule has 7 heteroatoms. The van der Waals surface area contributed by atoms with Gasteiger partial charge in [-0.2, -0.15) is 0 Å². The number of carbonyl (C=O) groups is 1. The molecular formula is C7H10N2O4S. The fourth-order valence-electron chi connectivity index (χ4n) is 0.937. The number of nitrogens with one attached hydrogen (secondary N) is 1. The molecule has 0 radical (unpaired) electrons. The third kappa shape index (κ3) is 2.32. The molecule has 1 heterocycles.